The maximum atomic E-state index is 9.48. The molecular weight excluding hydrogens is 216 g/mol. The number of hydrogen-bond donors (Lipinski definition) is 1. The molecule has 0 heterocycles. The lowest BCUT2D eigenvalue weighted by Gasteiger charge is -2.09. The fourth-order valence-electron chi connectivity index (χ4n) is 1.69. The first kappa shape index (κ1) is 11.1. The SMILES string of the molecule is Cc1cc(O)cc(C)c1Sc1ccccc1. The summed E-state index contributed by atoms with van der Waals surface area (Å²) in [7, 11) is 0. The van der Waals surface area contributed by atoms with Gasteiger partial charge in [-0.25, -0.2) is 0 Å². The summed E-state index contributed by atoms with van der Waals surface area (Å²) in [5.74, 6) is 0.340. The second kappa shape index (κ2) is 4.62. The van der Waals surface area contributed by atoms with Crippen LogP contribution < -0.4 is 0 Å². The normalized spacial score (nSPS) is 10.4. The third kappa shape index (κ3) is 2.39. The molecule has 0 saturated carbocycles. The van der Waals surface area contributed by atoms with Crippen LogP contribution in [0.1, 0.15) is 11.1 Å². The van der Waals surface area contributed by atoms with Crippen LogP contribution in [0.3, 0.4) is 0 Å². The molecule has 2 rings (SSSR count). The Morgan fingerprint density at radius 1 is 0.938 bits per heavy atom. The maximum Gasteiger partial charge on any atom is 0.116 e. The molecule has 0 radical (unpaired) electrons. The van der Waals surface area contributed by atoms with E-state index in [1.54, 1.807) is 23.9 Å². The smallest absolute Gasteiger partial charge is 0.116 e. The minimum atomic E-state index is 0.340. The molecule has 0 fully saturated rings. The minimum absolute atomic E-state index is 0.340. The third-order valence-corrected chi connectivity index (χ3v) is 3.76. The topological polar surface area (TPSA) is 20.2 Å². The monoisotopic (exact) mass is 230 g/mol. The van der Waals surface area contributed by atoms with Gasteiger partial charge in [-0.1, -0.05) is 30.0 Å². The van der Waals surface area contributed by atoms with Crippen molar-refractivity contribution in [3.8, 4) is 5.75 Å². The molecule has 0 aliphatic heterocycles. The number of hydrogen-bond acceptors (Lipinski definition) is 2. The van der Waals surface area contributed by atoms with E-state index in [0.717, 1.165) is 11.1 Å². The first-order chi connectivity index (χ1) is 7.66. The second-order valence-electron chi connectivity index (χ2n) is 3.82. The van der Waals surface area contributed by atoms with Crippen molar-refractivity contribution in [2.75, 3.05) is 0 Å². The Morgan fingerprint density at radius 2 is 1.50 bits per heavy atom. The van der Waals surface area contributed by atoms with Crippen LogP contribution in [-0.2, 0) is 0 Å². The van der Waals surface area contributed by atoms with E-state index in [2.05, 4.69) is 12.1 Å². The second-order valence-corrected chi connectivity index (χ2v) is 4.91. The lowest BCUT2D eigenvalue weighted by molar-refractivity contribution is 0.474. The number of aromatic hydroxyl groups is 1. The van der Waals surface area contributed by atoms with Crippen molar-refractivity contribution in [3.63, 3.8) is 0 Å². The van der Waals surface area contributed by atoms with Crippen molar-refractivity contribution in [1.82, 2.24) is 0 Å². The van der Waals surface area contributed by atoms with Crippen molar-refractivity contribution in [2.24, 2.45) is 0 Å². The van der Waals surface area contributed by atoms with E-state index >= 15 is 0 Å². The molecule has 0 unspecified atom stereocenters. The lowest BCUT2D eigenvalue weighted by Crippen LogP contribution is -1.85. The first-order valence-electron chi connectivity index (χ1n) is 5.20. The molecule has 1 nitrogen and oxygen atoms in total. The van der Waals surface area contributed by atoms with Gasteiger partial charge in [0.15, 0.2) is 0 Å². The molecule has 2 aromatic rings. The molecule has 2 heteroatoms. The molecule has 82 valence electrons. The molecule has 2 aromatic carbocycles. The van der Waals surface area contributed by atoms with Crippen LogP contribution in [0.5, 0.6) is 5.75 Å². The Kier molecular flexibility index (Phi) is 3.20. The van der Waals surface area contributed by atoms with Crippen molar-refractivity contribution >= 4 is 11.8 Å². The number of aryl methyl sites for hydroxylation is 2. The summed E-state index contributed by atoms with van der Waals surface area (Å²) in [6.45, 7) is 4.05. The van der Waals surface area contributed by atoms with E-state index < -0.39 is 0 Å². The highest BCUT2D eigenvalue weighted by molar-refractivity contribution is 7.99. The first-order valence-corrected chi connectivity index (χ1v) is 6.01. The highest BCUT2D eigenvalue weighted by Gasteiger charge is 2.06. The predicted octanol–water partition coefficient (Wildman–Crippen LogP) is 4.16. The van der Waals surface area contributed by atoms with Crippen LogP contribution in [0.2, 0.25) is 0 Å². The number of rotatable bonds is 2. The summed E-state index contributed by atoms with van der Waals surface area (Å²) in [5.41, 5.74) is 2.23. The van der Waals surface area contributed by atoms with Gasteiger partial charge in [0.25, 0.3) is 0 Å². The largest absolute Gasteiger partial charge is 0.508 e. The van der Waals surface area contributed by atoms with Crippen molar-refractivity contribution in [2.45, 2.75) is 23.6 Å². The predicted molar refractivity (Wildman–Crippen MR) is 68.1 cm³/mol. The van der Waals surface area contributed by atoms with Crippen LogP contribution in [-0.4, -0.2) is 5.11 Å². The van der Waals surface area contributed by atoms with E-state index in [1.165, 1.54) is 9.79 Å². The van der Waals surface area contributed by atoms with Gasteiger partial charge < -0.3 is 5.11 Å². The maximum absolute atomic E-state index is 9.48. The molecule has 0 saturated heterocycles. The molecule has 0 amide bonds. The highest BCUT2D eigenvalue weighted by atomic mass is 32.2. The summed E-state index contributed by atoms with van der Waals surface area (Å²) >= 11 is 1.74. The van der Waals surface area contributed by atoms with Gasteiger partial charge in [0.2, 0.25) is 0 Å². The molecule has 1 N–H and O–H groups in total. The van der Waals surface area contributed by atoms with E-state index in [-0.39, 0.29) is 0 Å². The summed E-state index contributed by atoms with van der Waals surface area (Å²) in [5, 5.41) is 9.48. The Labute approximate surface area is 100 Å². The van der Waals surface area contributed by atoms with Gasteiger partial charge in [-0.15, -0.1) is 0 Å². The van der Waals surface area contributed by atoms with Crippen LogP contribution in [0.25, 0.3) is 0 Å². The number of benzene rings is 2. The minimum Gasteiger partial charge on any atom is -0.508 e. The zero-order valence-corrected chi connectivity index (χ0v) is 10.2. The molecule has 16 heavy (non-hydrogen) atoms. The van der Waals surface area contributed by atoms with Gasteiger partial charge in [-0.05, 0) is 49.2 Å². The van der Waals surface area contributed by atoms with Crippen LogP contribution in [0, 0.1) is 13.8 Å². The van der Waals surface area contributed by atoms with Gasteiger partial charge in [0.1, 0.15) is 5.75 Å². The molecule has 0 aromatic heterocycles. The standard InChI is InChI=1S/C14H14OS/c1-10-8-12(15)9-11(2)14(10)16-13-6-4-3-5-7-13/h3-9,15H,1-2H3. The fraction of sp³-hybridized carbons (Fsp3) is 0.143. The molecule has 0 spiro atoms. The van der Waals surface area contributed by atoms with Crippen LogP contribution in [0.4, 0.5) is 0 Å². The van der Waals surface area contributed by atoms with Gasteiger partial charge in [0, 0.05) is 9.79 Å². The average molecular weight is 230 g/mol. The molecule has 0 aliphatic carbocycles. The Morgan fingerprint density at radius 3 is 2.06 bits per heavy atom. The lowest BCUT2D eigenvalue weighted by atomic mass is 10.1. The summed E-state index contributed by atoms with van der Waals surface area (Å²) < 4.78 is 0. The number of phenolic OH excluding ortho intramolecular Hbond substituents is 1. The average Bonchev–Trinajstić information content (AvgIpc) is 2.25. The van der Waals surface area contributed by atoms with Gasteiger partial charge in [0.05, 0.1) is 0 Å². The van der Waals surface area contributed by atoms with Crippen LogP contribution >= 0.6 is 11.8 Å². The zero-order valence-electron chi connectivity index (χ0n) is 9.40. The highest BCUT2D eigenvalue weighted by Crippen LogP contribution is 2.34. The van der Waals surface area contributed by atoms with Gasteiger partial charge in [-0.3, -0.25) is 0 Å². The van der Waals surface area contributed by atoms with E-state index in [1.807, 2.05) is 32.0 Å². The van der Waals surface area contributed by atoms with Gasteiger partial charge in [-0.2, -0.15) is 0 Å². The van der Waals surface area contributed by atoms with E-state index in [0.29, 0.717) is 5.75 Å². The Hall–Kier alpha value is -1.41. The van der Waals surface area contributed by atoms with E-state index in [9.17, 15) is 5.11 Å². The molecule has 0 aliphatic rings. The third-order valence-electron chi connectivity index (χ3n) is 2.41. The summed E-state index contributed by atoms with van der Waals surface area (Å²) in [6.07, 6.45) is 0. The quantitative estimate of drug-likeness (QED) is 0.836. The molecule has 0 bridgehead atoms. The zero-order chi connectivity index (χ0) is 11.5. The summed E-state index contributed by atoms with van der Waals surface area (Å²) in [6, 6.07) is 13.9. The van der Waals surface area contributed by atoms with Crippen molar-refractivity contribution in [3.05, 3.63) is 53.6 Å². The van der Waals surface area contributed by atoms with E-state index in [4.69, 9.17) is 0 Å². The molecule has 0 atom stereocenters. The summed E-state index contributed by atoms with van der Waals surface area (Å²) in [4.78, 5) is 2.45. The Bertz CT molecular complexity index is 468. The van der Waals surface area contributed by atoms with Crippen LogP contribution in [0.15, 0.2) is 52.3 Å². The van der Waals surface area contributed by atoms with Crippen molar-refractivity contribution in [1.29, 1.82) is 0 Å². The molecular formula is C14H14OS. The number of phenols is 1. The fourth-order valence-corrected chi connectivity index (χ4v) is 2.66. The van der Waals surface area contributed by atoms with Gasteiger partial charge >= 0.3 is 0 Å². The van der Waals surface area contributed by atoms with Crippen molar-refractivity contribution < 1.29 is 5.11 Å². The Balaban J connectivity index is 2.35.